The van der Waals surface area contributed by atoms with Gasteiger partial charge < -0.3 is 4.74 Å². The van der Waals surface area contributed by atoms with Gasteiger partial charge in [-0.15, -0.1) is 0 Å². The standard InChI is InChI=1S/C25H29NO2/c1-3-4-5-19-7-9-20(10-8-19)21-11-13-22(14-12-21)25(27)28-24-15-6-18(2)16-23(24)17-26/h6,11-16,19-20H,3-5,7-10H2,1-2H3. The molecule has 0 atom stereocenters. The zero-order chi connectivity index (χ0) is 19.9. The fraction of sp³-hybridized carbons (Fsp3) is 0.440. The SMILES string of the molecule is CCCCC1CCC(c2ccc(C(=O)Oc3ccc(C)cc3C#N)cc2)CC1. The summed E-state index contributed by atoms with van der Waals surface area (Å²) >= 11 is 0. The zero-order valence-electron chi connectivity index (χ0n) is 16.9. The van der Waals surface area contributed by atoms with E-state index in [1.807, 2.05) is 25.1 Å². The maximum absolute atomic E-state index is 12.5. The first kappa shape index (κ1) is 20.1. The van der Waals surface area contributed by atoms with E-state index in [2.05, 4.69) is 25.1 Å². The van der Waals surface area contributed by atoms with E-state index in [0.29, 0.717) is 22.8 Å². The lowest BCUT2D eigenvalue weighted by molar-refractivity contribution is 0.0734. The molecule has 0 saturated heterocycles. The van der Waals surface area contributed by atoms with Crippen LogP contribution in [0.4, 0.5) is 0 Å². The smallest absolute Gasteiger partial charge is 0.343 e. The molecule has 3 rings (SSSR count). The number of benzene rings is 2. The molecule has 146 valence electrons. The predicted molar refractivity (Wildman–Crippen MR) is 112 cm³/mol. The second-order valence-electron chi connectivity index (χ2n) is 7.98. The fourth-order valence-corrected chi connectivity index (χ4v) is 4.15. The fourth-order valence-electron chi connectivity index (χ4n) is 4.15. The minimum Gasteiger partial charge on any atom is -0.422 e. The van der Waals surface area contributed by atoms with Gasteiger partial charge in [-0.2, -0.15) is 5.26 Å². The van der Waals surface area contributed by atoms with E-state index in [9.17, 15) is 10.1 Å². The van der Waals surface area contributed by atoms with Gasteiger partial charge in [-0.1, -0.05) is 44.4 Å². The maximum atomic E-state index is 12.5. The van der Waals surface area contributed by atoms with Crippen LogP contribution in [0, 0.1) is 24.2 Å². The lowest BCUT2D eigenvalue weighted by Gasteiger charge is -2.28. The Kier molecular flexibility index (Phi) is 6.87. The van der Waals surface area contributed by atoms with E-state index >= 15 is 0 Å². The lowest BCUT2D eigenvalue weighted by atomic mass is 9.77. The number of nitriles is 1. The Balaban J connectivity index is 1.60. The average molecular weight is 376 g/mol. The molecule has 1 saturated carbocycles. The van der Waals surface area contributed by atoms with Crippen LogP contribution in [0.15, 0.2) is 42.5 Å². The highest BCUT2D eigenvalue weighted by Gasteiger charge is 2.22. The van der Waals surface area contributed by atoms with Gasteiger partial charge in [0, 0.05) is 0 Å². The van der Waals surface area contributed by atoms with E-state index < -0.39 is 5.97 Å². The normalized spacial score (nSPS) is 19.0. The summed E-state index contributed by atoms with van der Waals surface area (Å²) < 4.78 is 5.45. The first-order chi connectivity index (χ1) is 13.6. The zero-order valence-corrected chi connectivity index (χ0v) is 16.9. The monoisotopic (exact) mass is 375 g/mol. The molecule has 0 N–H and O–H groups in total. The first-order valence-electron chi connectivity index (χ1n) is 10.4. The number of hydrogen-bond acceptors (Lipinski definition) is 3. The van der Waals surface area contributed by atoms with Crippen molar-refractivity contribution in [2.45, 2.75) is 64.7 Å². The second kappa shape index (κ2) is 9.55. The molecular formula is C25H29NO2. The first-order valence-corrected chi connectivity index (χ1v) is 10.4. The minimum absolute atomic E-state index is 0.313. The Labute approximate surface area is 168 Å². The Morgan fingerprint density at radius 2 is 1.82 bits per heavy atom. The molecule has 0 amide bonds. The third kappa shape index (κ3) is 5.01. The molecule has 2 aromatic rings. The highest BCUT2D eigenvalue weighted by molar-refractivity contribution is 5.91. The molecule has 0 heterocycles. The molecular weight excluding hydrogens is 346 g/mol. The maximum Gasteiger partial charge on any atom is 0.343 e. The molecule has 1 fully saturated rings. The quantitative estimate of drug-likeness (QED) is 0.425. The van der Waals surface area contributed by atoms with Gasteiger partial charge in [0.1, 0.15) is 11.8 Å². The summed E-state index contributed by atoms with van der Waals surface area (Å²) in [4.78, 5) is 12.5. The van der Waals surface area contributed by atoms with Crippen molar-refractivity contribution in [3.63, 3.8) is 0 Å². The molecule has 0 radical (unpaired) electrons. The molecule has 0 unspecified atom stereocenters. The van der Waals surface area contributed by atoms with E-state index in [1.165, 1.54) is 50.5 Å². The number of ether oxygens (including phenoxy) is 1. The van der Waals surface area contributed by atoms with E-state index in [-0.39, 0.29) is 0 Å². The van der Waals surface area contributed by atoms with Gasteiger partial charge in [0.15, 0.2) is 0 Å². The number of carbonyl (C=O) groups excluding carboxylic acids is 1. The summed E-state index contributed by atoms with van der Waals surface area (Å²) in [6, 6.07) is 15.1. The Morgan fingerprint density at radius 1 is 1.11 bits per heavy atom. The molecule has 0 spiro atoms. The van der Waals surface area contributed by atoms with Crippen LogP contribution in [0.1, 0.15) is 84.8 Å². The highest BCUT2D eigenvalue weighted by Crippen LogP contribution is 2.37. The van der Waals surface area contributed by atoms with Gasteiger partial charge in [0.05, 0.1) is 11.1 Å². The average Bonchev–Trinajstić information content (AvgIpc) is 2.74. The van der Waals surface area contributed by atoms with Crippen LogP contribution < -0.4 is 4.74 Å². The van der Waals surface area contributed by atoms with Gasteiger partial charge in [-0.25, -0.2) is 4.79 Å². The number of aryl methyl sites for hydroxylation is 1. The van der Waals surface area contributed by atoms with Gasteiger partial charge in [0.2, 0.25) is 0 Å². The Bertz CT molecular complexity index is 840. The van der Waals surface area contributed by atoms with Gasteiger partial charge in [0.25, 0.3) is 0 Å². The molecule has 2 aromatic carbocycles. The van der Waals surface area contributed by atoms with Gasteiger partial charge in [-0.05, 0) is 79.8 Å². The van der Waals surface area contributed by atoms with Crippen LogP contribution in [0.3, 0.4) is 0 Å². The van der Waals surface area contributed by atoms with Crippen LogP contribution in [-0.2, 0) is 0 Å². The van der Waals surface area contributed by atoms with Gasteiger partial charge in [-0.3, -0.25) is 0 Å². The van der Waals surface area contributed by atoms with Crippen LogP contribution >= 0.6 is 0 Å². The summed E-state index contributed by atoms with van der Waals surface area (Å²) in [5.41, 5.74) is 3.18. The summed E-state index contributed by atoms with van der Waals surface area (Å²) in [5.74, 6) is 1.39. The highest BCUT2D eigenvalue weighted by atomic mass is 16.5. The van der Waals surface area contributed by atoms with Crippen LogP contribution in [0.5, 0.6) is 5.75 Å². The number of esters is 1. The summed E-state index contributed by atoms with van der Waals surface area (Å²) in [5, 5.41) is 9.23. The van der Waals surface area contributed by atoms with Crippen molar-refractivity contribution in [3.05, 3.63) is 64.7 Å². The third-order valence-electron chi connectivity index (χ3n) is 5.89. The third-order valence-corrected chi connectivity index (χ3v) is 5.89. The molecule has 3 nitrogen and oxygen atoms in total. The predicted octanol–water partition coefficient (Wildman–Crippen LogP) is 6.55. The van der Waals surface area contributed by atoms with Crippen molar-refractivity contribution in [1.29, 1.82) is 5.26 Å². The Morgan fingerprint density at radius 3 is 2.46 bits per heavy atom. The molecule has 0 bridgehead atoms. The minimum atomic E-state index is -0.421. The number of nitrogens with zero attached hydrogens (tertiary/aromatic N) is 1. The van der Waals surface area contributed by atoms with Crippen molar-refractivity contribution >= 4 is 5.97 Å². The van der Waals surface area contributed by atoms with Gasteiger partial charge >= 0.3 is 5.97 Å². The summed E-state index contributed by atoms with van der Waals surface area (Å²) in [7, 11) is 0. The molecule has 0 aliphatic heterocycles. The van der Waals surface area contributed by atoms with Crippen molar-refractivity contribution in [2.24, 2.45) is 5.92 Å². The van der Waals surface area contributed by atoms with Crippen LogP contribution in [-0.4, -0.2) is 5.97 Å². The number of rotatable bonds is 6. The van der Waals surface area contributed by atoms with Crippen LogP contribution in [0.25, 0.3) is 0 Å². The summed E-state index contributed by atoms with van der Waals surface area (Å²) in [6.07, 6.45) is 9.13. The van der Waals surface area contributed by atoms with E-state index in [1.54, 1.807) is 12.1 Å². The van der Waals surface area contributed by atoms with Crippen molar-refractivity contribution in [2.75, 3.05) is 0 Å². The molecule has 0 aromatic heterocycles. The lowest BCUT2D eigenvalue weighted by Crippen LogP contribution is -2.14. The largest absolute Gasteiger partial charge is 0.422 e. The molecule has 3 heteroatoms. The number of unbranched alkanes of at least 4 members (excludes halogenated alkanes) is 1. The Hall–Kier alpha value is -2.60. The second-order valence-corrected chi connectivity index (χ2v) is 7.98. The summed E-state index contributed by atoms with van der Waals surface area (Å²) in [6.45, 7) is 4.17. The number of carbonyl (C=O) groups is 1. The molecule has 28 heavy (non-hydrogen) atoms. The number of hydrogen-bond donors (Lipinski definition) is 0. The molecule has 1 aliphatic carbocycles. The van der Waals surface area contributed by atoms with Crippen molar-refractivity contribution in [3.8, 4) is 11.8 Å². The van der Waals surface area contributed by atoms with E-state index in [0.717, 1.165) is 11.5 Å². The molecule has 1 aliphatic rings. The topological polar surface area (TPSA) is 50.1 Å². The van der Waals surface area contributed by atoms with E-state index in [4.69, 9.17) is 4.74 Å². The van der Waals surface area contributed by atoms with Crippen LogP contribution in [0.2, 0.25) is 0 Å². The van der Waals surface area contributed by atoms with Crippen molar-refractivity contribution < 1.29 is 9.53 Å². The van der Waals surface area contributed by atoms with Crippen molar-refractivity contribution in [1.82, 2.24) is 0 Å².